The van der Waals surface area contributed by atoms with Crippen molar-refractivity contribution in [2.24, 2.45) is 11.1 Å². The molecule has 3 N–H and O–H groups in total. The molecule has 66 valence electrons. The number of nitrogens with two attached hydrogens (primary N) is 1. The van der Waals surface area contributed by atoms with E-state index in [-0.39, 0.29) is 6.04 Å². The Hall–Kier alpha value is -0.570. The Morgan fingerprint density at radius 2 is 2.09 bits per heavy atom. The zero-order valence-electron chi connectivity index (χ0n) is 7.42. The smallest absolute Gasteiger partial charge is 0.309 e. The first-order chi connectivity index (χ1) is 4.90. The summed E-state index contributed by atoms with van der Waals surface area (Å²) in [5, 5.41) is 8.73. The minimum atomic E-state index is -0.776. The van der Waals surface area contributed by atoms with Crippen LogP contribution < -0.4 is 5.73 Å². The van der Waals surface area contributed by atoms with Crippen molar-refractivity contribution < 1.29 is 9.90 Å². The minimum Gasteiger partial charge on any atom is -0.481 e. The highest BCUT2D eigenvalue weighted by Gasteiger charge is 2.28. The molecular weight excluding hydrogens is 142 g/mol. The van der Waals surface area contributed by atoms with Crippen LogP contribution in [0, 0.1) is 5.41 Å². The highest BCUT2D eigenvalue weighted by Crippen LogP contribution is 2.22. The molecule has 0 bridgehead atoms. The first-order valence-corrected chi connectivity index (χ1v) is 3.89. The standard InChI is InChI=1S/C8H17NO2/c1-4-6(9)5-8(2,3)7(10)11/h6H,4-5,9H2,1-3H3,(H,10,11). The topological polar surface area (TPSA) is 63.3 Å². The second kappa shape index (κ2) is 3.72. The van der Waals surface area contributed by atoms with Gasteiger partial charge in [0.25, 0.3) is 0 Å². The number of hydrogen-bond donors (Lipinski definition) is 2. The summed E-state index contributed by atoms with van der Waals surface area (Å²) in [5.74, 6) is -0.776. The van der Waals surface area contributed by atoms with Crippen LogP contribution in [0.2, 0.25) is 0 Å². The summed E-state index contributed by atoms with van der Waals surface area (Å²) in [4.78, 5) is 10.6. The lowest BCUT2D eigenvalue weighted by molar-refractivity contribution is -0.147. The SMILES string of the molecule is CCC(N)CC(C)(C)C(=O)O. The summed E-state index contributed by atoms with van der Waals surface area (Å²) in [7, 11) is 0. The average Bonchev–Trinajstić information content (AvgIpc) is 1.86. The van der Waals surface area contributed by atoms with Crippen molar-refractivity contribution >= 4 is 5.97 Å². The average molecular weight is 159 g/mol. The number of hydrogen-bond acceptors (Lipinski definition) is 2. The van der Waals surface area contributed by atoms with E-state index in [0.29, 0.717) is 6.42 Å². The van der Waals surface area contributed by atoms with Crippen LogP contribution in [-0.2, 0) is 4.79 Å². The largest absolute Gasteiger partial charge is 0.481 e. The Bertz CT molecular complexity index is 143. The van der Waals surface area contributed by atoms with Gasteiger partial charge in [-0.1, -0.05) is 6.92 Å². The Morgan fingerprint density at radius 3 is 2.36 bits per heavy atom. The van der Waals surface area contributed by atoms with Gasteiger partial charge in [0.15, 0.2) is 0 Å². The molecule has 0 aliphatic carbocycles. The maximum absolute atomic E-state index is 10.6. The quantitative estimate of drug-likeness (QED) is 0.648. The van der Waals surface area contributed by atoms with Gasteiger partial charge in [0.2, 0.25) is 0 Å². The number of carbonyl (C=O) groups is 1. The van der Waals surface area contributed by atoms with E-state index in [1.54, 1.807) is 13.8 Å². The third kappa shape index (κ3) is 3.37. The Kier molecular flexibility index (Phi) is 3.52. The molecule has 0 aromatic rings. The van der Waals surface area contributed by atoms with Crippen LogP contribution in [0.5, 0.6) is 0 Å². The van der Waals surface area contributed by atoms with E-state index in [2.05, 4.69) is 0 Å². The second-order valence-electron chi connectivity index (χ2n) is 3.56. The van der Waals surface area contributed by atoms with E-state index in [0.717, 1.165) is 6.42 Å². The molecule has 0 fully saturated rings. The van der Waals surface area contributed by atoms with Gasteiger partial charge in [-0.15, -0.1) is 0 Å². The van der Waals surface area contributed by atoms with Gasteiger partial charge >= 0.3 is 5.97 Å². The number of carboxylic acid groups (broad SMARTS) is 1. The van der Waals surface area contributed by atoms with E-state index in [4.69, 9.17) is 10.8 Å². The van der Waals surface area contributed by atoms with Gasteiger partial charge in [-0.3, -0.25) is 4.79 Å². The molecule has 0 rings (SSSR count). The number of carboxylic acids is 1. The van der Waals surface area contributed by atoms with Crippen LogP contribution in [-0.4, -0.2) is 17.1 Å². The Balaban J connectivity index is 4.01. The molecule has 0 aliphatic heterocycles. The molecule has 1 atom stereocenters. The van der Waals surface area contributed by atoms with Gasteiger partial charge in [-0.05, 0) is 26.7 Å². The molecule has 0 amide bonds. The number of rotatable bonds is 4. The molecule has 11 heavy (non-hydrogen) atoms. The van der Waals surface area contributed by atoms with Crippen molar-refractivity contribution in [3.63, 3.8) is 0 Å². The number of aliphatic carboxylic acids is 1. The molecular formula is C8H17NO2. The van der Waals surface area contributed by atoms with Gasteiger partial charge in [-0.25, -0.2) is 0 Å². The van der Waals surface area contributed by atoms with Gasteiger partial charge in [-0.2, -0.15) is 0 Å². The predicted molar refractivity (Wildman–Crippen MR) is 44.3 cm³/mol. The van der Waals surface area contributed by atoms with E-state index in [9.17, 15) is 4.79 Å². The van der Waals surface area contributed by atoms with E-state index < -0.39 is 11.4 Å². The lowest BCUT2D eigenvalue weighted by atomic mass is 9.85. The zero-order valence-corrected chi connectivity index (χ0v) is 7.42. The second-order valence-corrected chi connectivity index (χ2v) is 3.56. The van der Waals surface area contributed by atoms with Crippen molar-refractivity contribution in [3.05, 3.63) is 0 Å². The zero-order chi connectivity index (χ0) is 9.07. The summed E-state index contributed by atoms with van der Waals surface area (Å²) in [6.07, 6.45) is 1.37. The fourth-order valence-electron chi connectivity index (χ4n) is 0.887. The molecule has 3 heteroatoms. The van der Waals surface area contributed by atoms with Gasteiger partial charge in [0.05, 0.1) is 5.41 Å². The van der Waals surface area contributed by atoms with Crippen molar-refractivity contribution in [2.45, 2.75) is 39.7 Å². The lowest BCUT2D eigenvalue weighted by Gasteiger charge is -2.22. The van der Waals surface area contributed by atoms with Crippen LogP contribution in [0.3, 0.4) is 0 Å². The van der Waals surface area contributed by atoms with Gasteiger partial charge in [0, 0.05) is 6.04 Å². The molecule has 0 heterocycles. The molecule has 0 spiro atoms. The highest BCUT2D eigenvalue weighted by molar-refractivity contribution is 5.73. The summed E-state index contributed by atoms with van der Waals surface area (Å²) in [6.45, 7) is 5.36. The Morgan fingerprint density at radius 1 is 1.64 bits per heavy atom. The van der Waals surface area contributed by atoms with Crippen LogP contribution in [0.15, 0.2) is 0 Å². The molecule has 3 nitrogen and oxygen atoms in total. The molecule has 0 aliphatic rings. The van der Waals surface area contributed by atoms with Crippen molar-refractivity contribution in [1.82, 2.24) is 0 Å². The molecule has 0 aromatic carbocycles. The fraction of sp³-hybridized carbons (Fsp3) is 0.875. The molecule has 0 saturated heterocycles. The van der Waals surface area contributed by atoms with E-state index >= 15 is 0 Å². The third-order valence-electron chi connectivity index (χ3n) is 1.88. The van der Waals surface area contributed by atoms with Crippen molar-refractivity contribution in [3.8, 4) is 0 Å². The van der Waals surface area contributed by atoms with Crippen molar-refractivity contribution in [2.75, 3.05) is 0 Å². The maximum atomic E-state index is 10.6. The summed E-state index contributed by atoms with van der Waals surface area (Å²) >= 11 is 0. The molecule has 0 aromatic heterocycles. The third-order valence-corrected chi connectivity index (χ3v) is 1.88. The summed E-state index contributed by atoms with van der Waals surface area (Å²) < 4.78 is 0. The lowest BCUT2D eigenvalue weighted by Crippen LogP contribution is -2.32. The van der Waals surface area contributed by atoms with Crippen LogP contribution in [0.1, 0.15) is 33.6 Å². The summed E-state index contributed by atoms with van der Waals surface area (Å²) in [6, 6.07) is 0.00102. The highest BCUT2D eigenvalue weighted by atomic mass is 16.4. The first kappa shape index (κ1) is 10.4. The van der Waals surface area contributed by atoms with Crippen LogP contribution >= 0.6 is 0 Å². The Labute approximate surface area is 67.6 Å². The van der Waals surface area contributed by atoms with Crippen LogP contribution in [0.25, 0.3) is 0 Å². The predicted octanol–water partition coefficient (Wildman–Crippen LogP) is 1.22. The van der Waals surface area contributed by atoms with Crippen LogP contribution in [0.4, 0.5) is 0 Å². The monoisotopic (exact) mass is 159 g/mol. The van der Waals surface area contributed by atoms with Gasteiger partial charge in [0.1, 0.15) is 0 Å². The summed E-state index contributed by atoms with van der Waals surface area (Å²) in [5.41, 5.74) is 4.95. The minimum absolute atomic E-state index is 0.00102. The normalized spacial score (nSPS) is 14.5. The maximum Gasteiger partial charge on any atom is 0.309 e. The van der Waals surface area contributed by atoms with E-state index in [1.807, 2.05) is 6.92 Å². The molecule has 0 saturated carbocycles. The first-order valence-electron chi connectivity index (χ1n) is 3.89. The fourth-order valence-corrected chi connectivity index (χ4v) is 0.887. The molecule has 1 unspecified atom stereocenters. The van der Waals surface area contributed by atoms with Crippen molar-refractivity contribution in [1.29, 1.82) is 0 Å². The van der Waals surface area contributed by atoms with E-state index in [1.165, 1.54) is 0 Å². The van der Waals surface area contributed by atoms with Gasteiger partial charge < -0.3 is 10.8 Å². The molecule has 0 radical (unpaired) electrons.